The topological polar surface area (TPSA) is 40.6 Å². The SMILES string of the molecule is CC(=O)N1CCC(C(=O)N2CCCC2c2cc(F)ccc2F)CC1. The summed E-state index contributed by atoms with van der Waals surface area (Å²) < 4.78 is 27.6. The van der Waals surface area contributed by atoms with Gasteiger partial charge >= 0.3 is 0 Å². The molecule has 0 radical (unpaired) electrons. The van der Waals surface area contributed by atoms with Gasteiger partial charge < -0.3 is 9.80 Å². The van der Waals surface area contributed by atoms with Gasteiger partial charge in [-0.25, -0.2) is 8.78 Å². The monoisotopic (exact) mass is 336 g/mol. The molecule has 2 heterocycles. The van der Waals surface area contributed by atoms with Crippen molar-refractivity contribution < 1.29 is 18.4 Å². The lowest BCUT2D eigenvalue weighted by Crippen LogP contribution is -2.43. The maximum absolute atomic E-state index is 14.1. The van der Waals surface area contributed by atoms with Crippen molar-refractivity contribution in [2.45, 2.75) is 38.6 Å². The third-order valence-electron chi connectivity index (χ3n) is 5.14. The van der Waals surface area contributed by atoms with Crippen LogP contribution < -0.4 is 0 Å². The van der Waals surface area contributed by atoms with Gasteiger partial charge in [-0.15, -0.1) is 0 Å². The lowest BCUT2D eigenvalue weighted by atomic mass is 9.94. The molecule has 2 aliphatic heterocycles. The molecule has 1 atom stereocenters. The molecule has 1 unspecified atom stereocenters. The van der Waals surface area contributed by atoms with Crippen molar-refractivity contribution >= 4 is 11.8 Å². The molecule has 0 saturated carbocycles. The first kappa shape index (κ1) is 16.9. The molecule has 0 aliphatic carbocycles. The number of amides is 2. The molecule has 3 rings (SSSR count). The first-order valence-electron chi connectivity index (χ1n) is 8.48. The molecule has 1 aromatic rings. The van der Waals surface area contributed by atoms with E-state index < -0.39 is 11.6 Å². The van der Waals surface area contributed by atoms with E-state index in [0.29, 0.717) is 38.9 Å². The zero-order valence-electron chi connectivity index (χ0n) is 13.8. The van der Waals surface area contributed by atoms with Crippen molar-refractivity contribution in [3.05, 3.63) is 35.4 Å². The number of nitrogens with zero attached hydrogens (tertiary/aromatic N) is 2. The molecular weight excluding hydrogens is 314 g/mol. The van der Waals surface area contributed by atoms with Gasteiger partial charge in [-0.2, -0.15) is 0 Å². The number of halogens is 2. The van der Waals surface area contributed by atoms with Gasteiger partial charge in [0.1, 0.15) is 11.6 Å². The van der Waals surface area contributed by atoms with Crippen molar-refractivity contribution in [2.24, 2.45) is 5.92 Å². The van der Waals surface area contributed by atoms with E-state index in [0.717, 1.165) is 18.6 Å². The summed E-state index contributed by atoms with van der Waals surface area (Å²) in [5, 5.41) is 0. The third kappa shape index (κ3) is 3.28. The first-order valence-corrected chi connectivity index (χ1v) is 8.48. The Morgan fingerprint density at radius 3 is 2.46 bits per heavy atom. The lowest BCUT2D eigenvalue weighted by Gasteiger charge is -2.34. The number of carbonyl (C=O) groups is 2. The summed E-state index contributed by atoms with van der Waals surface area (Å²) in [7, 11) is 0. The van der Waals surface area contributed by atoms with Crippen LogP contribution in [-0.4, -0.2) is 41.2 Å². The van der Waals surface area contributed by atoms with Crippen LogP contribution >= 0.6 is 0 Å². The summed E-state index contributed by atoms with van der Waals surface area (Å²) in [4.78, 5) is 27.7. The van der Waals surface area contributed by atoms with Crippen molar-refractivity contribution in [1.29, 1.82) is 0 Å². The largest absolute Gasteiger partial charge is 0.343 e. The highest BCUT2D eigenvalue weighted by Crippen LogP contribution is 2.36. The van der Waals surface area contributed by atoms with Crippen LogP contribution in [0, 0.1) is 17.6 Å². The van der Waals surface area contributed by atoms with E-state index in [9.17, 15) is 18.4 Å². The summed E-state index contributed by atoms with van der Waals surface area (Å²) >= 11 is 0. The zero-order chi connectivity index (χ0) is 17.3. The molecule has 6 heteroatoms. The van der Waals surface area contributed by atoms with Gasteiger partial charge in [0, 0.05) is 38.0 Å². The molecule has 0 spiro atoms. The molecule has 0 N–H and O–H groups in total. The Kier molecular flexibility index (Phi) is 4.83. The minimum absolute atomic E-state index is 0.00404. The standard InChI is InChI=1S/C18H22F2N2O2/c1-12(23)21-9-6-13(7-10-21)18(24)22-8-2-3-17(22)15-11-14(19)4-5-16(15)20/h4-5,11,13,17H,2-3,6-10H2,1H3. The van der Waals surface area contributed by atoms with E-state index in [4.69, 9.17) is 0 Å². The molecule has 2 saturated heterocycles. The third-order valence-corrected chi connectivity index (χ3v) is 5.14. The van der Waals surface area contributed by atoms with E-state index >= 15 is 0 Å². The average Bonchev–Trinajstić information content (AvgIpc) is 3.06. The van der Waals surface area contributed by atoms with Gasteiger partial charge in [0.15, 0.2) is 0 Å². The lowest BCUT2D eigenvalue weighted by molar-refractivity contribution is -0.140. The summed E-state index contributed by atoms with van der Waals surface area (Å²) in [6.07, 6.45) is 2.71. The van der Waals surface area contributed by atoms with Gasteiger partial charge in [0.05, 0.1) is 6.04 Å². The Labute approximate surface area is 140 Å². The average molecular weight is 336 g/mol. The minimum atomic E-state index is -0.486. The summed E-state index contributed by atoms with van der Waals surface area (Å²) in [5.41, 5.74) is 0.266. The van der Waals surface area contributed by atoms with Crippen LogP contribution in [-0.2, 0) is 9.59 Å². The van der Waals surface area contributed by atoms with Crippen LogP contribution in [0.2, 0.25) is 0 Å². The molecule has 130 valence electrons. The van der Waals surface area contributed by atoms with Crippen LogP contribution in [0.4, 0.5) is 8.78 Å². The van der Waals surface area contributed by atoms with E-state index in [2.05, 4.69) is 0 Å². The van der Waals surface area contributed by atoms with E-state index in [1.54, 1.807) is 9.80 Å². The molecule has 2 amide bonds. The van der Waals surface area contributed by atoms with Gasteiger partial charge in [0.2, 0.25) is 11.8 Å². The van der Waals surface area contributed by atoms with E-state index in [-0.39, 0.29) is 29.3 Å². The van der Waals surface area contributed by atoms with Crippen molar-refractivity contribution in [3.63, 3.8) is 0 Å². The number of hydrogen-bond acceptors (Lipinski definition) is 2. The number of carbonyl (C=O) groups excluding carboxylic acids is 2. The van der Waals surface area contributed by atoms with Crippen molar-refractivity contribution in [3.8, 4) is 0 Å². The molecule has 0 bridgehead atoms. The Balaban J connectivity index is 1.72. The highest BCUT2D eigenvalue weighted by molar-refractivity contribution is 5.80. The van der Waals surface area contributed by atoms with Crippen LogP contribution in [0.3, 0.4) is 0 Å². The van der Waals surface area contributed by atoms with Crippen LogP contribution in [0.15, 0.2) is 18.2 Å². The molecule has 2 fully saturated rings. The maximum atomic E-state index is 14.1. The quantitative estimate of drug-likeness (QED) is 0.833. The van der Waals surface area contributed by atoms with E-state index in [1.165, 1.54) is 13.0 Å². The number of likely N-dealkylation sites (tertiary alicyclic amines) is 2. The van der Waals surface area contributed by atoms with Gasteiger partial charge in [-0.1, -0.05) is 0 Å². The number of piperidine rings is 1. The first-order chi connectivity index (χ1) is 11.5. The predicted octanol–water partition coefficient (Wildman–Crippen LogP) is 2.89. The second-order valence-corrected chi connectivity index (χ2v) is 6.64. The molecular formula is C18H22F2N2O2. The summed E-state index contributed by atoms with van der Waals surface area (Å²) in [6.45, 7) is 3.27. The van der Waals surface area contributed by atoms with Crippen molar-refractivity contribution in [2.75, 3.05) is 19.6 Å². The van der Waals surface area contributed by atoms with Gasteiger partial charge in [-0.05, 0) is 43.9 Å². The second kappa shape index (κ2) is 6.87. The number of hydrogen-bond donors (Lipinski definition) is 0. The summed E-state index contributed by atoms with van der Waals surface area (Å²) in [6, 6.07) is 3.03. The fraction of sp³-hybridized carbons (Fsp3) is 0.556. The highest BCUT2D eigenvalue weighted by Gasteiger charge is 2.36. The number of benzene rings is 1. The minimum Gasteiger partial charge on any atom is -0.343 e. The van der Waals surface area contributed by atoms with Crippen LogP contribution in [0.5, 0.6) is 0 Å². The Bertz CT molecular complexity index is 642. The Hall–Kier alpha value is -1.98. The summed E-state index contributed by atoms with van der Waals surface area (Å²) in [5.74, 6) is -1.06. The maximum Gasteiger partial charge on any atom is 0.226 e. The normalized spacial score (nSPS) is 22.0. The fourth-order valence-electron chi connectivity index (χ4n) is 3.80. The van der Waals surface area contributed by atoms with Crippen LogP contribution in [0.1, 0.15) is 44.2 Å². The highest BCUT2D eigenvalue weighted by atomic mass is 19.1. The van der Waals surface area contributed by atoms with E-state index in [1.807, 2.05) is 0 Å². The molecule has 24 heavy (non-hydrogen) atoms. The molecule has 4 nitrogen and oxygen atoms in total. The molecule has 1 aromatic carbocycles. The molecule has 2 aliphatic rings. The number of rotatable bonds is 2. The van der Waals surface area contributed by atoms with Crippen LogP contribution in [0.25, 0.3) is 0 Å². The van der Waals surface area contributed by atoms with Gasteiger partial charge in [-0.3, -0.25) is 9.59 Å². The van der Waals surface area contributed by atoms with Gasteiger partial charge in [0.25, 0.3) is 0 Å². The molecule has 0 aromatic heterocycles. The predicted molar refractivity (Wildman–Crippen MR) is 85.0 cm³/mol. The smallest absolute Gasteiger partial charge is 0.226 e. The fourth-order valence-corrected chi connectivity index (χ4v) is 3.80. The Morgan fingerprint density at radius 2 is 1.79 bits per heavy atom. The second-order valence-electron chi connectivity index (χ2n) is 6.64. The van der Waals surface area contributed by atoms with Crippen molar-refractivity contribution in [1.82, 2.24) is 9.80 Å². The Morgan fingerprint density at radius 1 is 1.08 bits per heavy atom. The zero-order valence-corrected chi connectivity index (χ0v) is 13.8.